The maximum Gasteiger partial charge on any atom is 0.239 e. The van der Waals surface area contributed by atoms with Crippen LogP contribution in [0.15, 0.2) is 54.6 Å². The maximum absolute atomic E-state index is 11.9. The lowest BCUT2D eigenvalue weighted by Gasteiger charge is -2.18. The predicted molar refractivity (Wildman–Crippen MR) is 91.6 cm³/mol. The maximum atomic E-state index is 11.9. The monoisotopic (exact) mass is 327 g/mol. The lowest BCUT2D eigenvalue weighted by molar-refractivity contribution is -0.125. The van der Waals surface area contributed by atoms with E-state index in [1.165, 1.54) is 0 Å². The van der Waals surface area contributed by atoms with E-state index in [0.717, 1.165) is 11.3 Å². The average molecular weight is 327 g/mol. The number of para-hydroxylation sites is 2. The van der Waals surface area contributed by atoms with Crippen molar-refractivity contribution in [2.45, 2.75) is 13.0 Å². The van der Waals surface area contributed by atoms with Crippen molar-refractivity contribution < 1.29 is 14.3 Å². The molecule has 2 rings (SSSR count). The molecule has 24 heavy (non-hydrogen) atoms. The molecule has 0 aliphatic heterocycles. The quantitative estimate of drug-likeness (QED) is 0.722. The lowest BCUT2D eigenvalue weighted by Crippen LogP contribution is -2.40. The molecule has 6 nitrogen and oxygen atoms in total. The molecular formula is C18H21N3O3. The van der Waals surface area contributed by atoms with Crippen LogP contribution in [0.5, 0.6) is 11.5 Å². The molecule has 2 aromatic carbocycles. The smallest absolute Gasteiger partial charge is 0.239 e. The number of hydrogen-bond donors (Lipinski definition) is 3. The second-order valence-corrected chi connectivity index (χ2v) is 5.22. The number of amides is 2. The minimum absolute atomic E-state index is 0.109. The Hall–Kier alpha value is -2.86. The number of benzene rings is 2. The molecule has 1 unspecified atom stereocenters. The van der Waals surface area contributed by atoms with E-state index in [2.05, 4.69) is 10.6 Å². The highest BCUT2D eigenvalue weighted by atomic mass is 16.5. The van der Waals surface area contributed by atoms with Gasteiger partial charge < -0.3 is 21.1 Å². The van der Waals surface area contributed by atoms with Crippen molar-refractivity contribution in [3.63, 3.8) is 0 Å². The zero-order valence-corrected chi connectivity index (χ0v) is 13.5. The van der Waals surface area contributed by atoms with E-state index in [1.54, 1.807) is 0 Å². The first-order valence-corrected chi connectivity index (χ1v) is 7.68. The Kier molecular flexibility index (Phi) is 6.33. The summed E-state index contributed by atoms with van der Waals surface area (Å²) in [5.74, 6) is 0.727. The Morgan fingerprint density at radius 3 is 2.42 bits per heavy atom. The highest BCUT2D eigenvalue weighted by Gasteiger charge is 2.14. The summed E-state index contributed by atoms with van der Waals surface area (Å²) in [7, 11) is 0. The Morgan fingerprint density at radius 2 is 1.71 bits per heavy atom. The molecular weight excluding hydrogens is 306 g/mol. The van der Waals surface area contributed by atoms with Gasteiger partial charge in [0, 0.05) is 5.56 Å². The van der Waals surface area contributed by atoms with Crippen LogP contribution < -0.4 is 21.1 Å². The first-order valence-electron chi connectivity index (χ1n) is 7.68. The highest BCUT2D eigenvalue weighted by molar-refractivity contribution is 5.85. The van der Waals surface area contributed by atoms with Gasteiger partial charge in [-0.2, -0.15) is 0 Å². The van der Waals surface area contributed by atoms with Gasteiger partial charge in [-0.25, -0.2) is 0 Å². The van der Waals surface area contributed by atoms with Crippen LogP contribution in [0, 0.1) is 0 Å². The van der Waals surface area contributed by atoms with Crippen LogP contribution in [0.4, 0.5) is 0 Å². The van der Waals surface area contributed by atoms with Gasteiger partial charge in [-0.05, 0) is 25.1 Å². The Balaban J connectivity index is 2.02. The average Bonchev–Trinajstić information content (AvgIpc) is 2.61. The van der Waals surface area contributed by atoms with E-state index >= 15 is 0 Å². The Bertz CT molecular complexity index is 689. The number of nitrogens with two attached hydrogens (primary N) is 1. The van der Waals surface area contributed by atoms with E-state index in [4.69, 9.17) is 10.5 Å². The molecule has 0 aliphatic rings. The first kappa shape index (κ1) is 17.5. The number of carbonyl (C=O) groups is 2. The summed E-state index contributed by atoms with van der Waals surface area (Å²) < 4.78 is 5.89. The largest absolute Gasteiger partial charge is 0.457 e. The van der Waals surface area contributed by atoms with Gasteiger partial charge in [0.05, 0.1) is 19.1 Å². The molecule has 6 heteroatoms. The van der Waals surface area contributed by atoms with Crippen molar-refractivity contribution in [3.8, 4) is 11.5 Å². The summed E-state index contributed by atoms with van der Waals surface area (Å²) in [6, 6.07) is 16.6. The van der Waals surface area contributed by atoms with Gasteiger partial charge in [-0.15, -0.1) is 0 Å². The normalized spacial score (nSPS) is 11.4. The predicted octanol–water partition coefficient (Wildman–Crippen LogP) is 1.73. The van der Waals surface area contributed by atoms with Crippen molar-refractivity contribution >= 4 is 11.8 Å². The summed E-state index contributed by atoms with van der Waals surface area (Å²) in [5, 5.41) is 5.26. The summed E-state index contributed by atoms with van der Waals surface area (Å²) in [6.07, 6.45) is 0. The van der Waals surface area contributed by atoms with E-state index in [0.29, 0.717) is 5.75 Å². The fourth-order valence-corrected chi connectivity index (χ4v) is 2.17. The molecule has 1 atom stereocenters. The van der Waals surface area contributed by atoms with Crippen LogP contribution in [0.2, 0.25) is 0 Å². The molecule has 0 fully saturated rings. The zero-order valence-electron chi connectivity index (χ0n) is 13.5. The molecule has 0 bridgehead atoms. The van der Waals surface area contributed by atoms with E-state index in [9.17, 15) is 9.59 Å². The molecule has 0 heterocycles. The summed E-state index contributed by atoms with van der Waals surface area (Å²) >= 11 is 0. The number of carbonyl (C=O) groups excluding carboxylic acids is 2. The molecule has 4 N–H and O–H groups in total. The van der Waals surface area contributed by atoms with Gasteiger partial charge in [0.15, 0.2) is 0 Å². The van der Waals surface area contributed by atoms with Crippen molar-refractivity contribution in [1.82, 2.24) is 10.6 Å². The molecule has 126 valence electrons. The van der Waals surface area contributed by atoms with Crippen LogP contribution in [-0.4, -0.2) is 24.9 Å². The van der Waals surface area contributed by atoms with Gasteiger partial charge in [-0.1, -0.05) is 36.4 Å². The fourth-order valence-electron chi connectivity index (χ4n) is 2.17. The standard InChI is InChI=1S/C18H21N3O3/c1-13(21-18(23)12-20-17(22)11-19)15-9-5-6-10-16(15)24-14-7-3-2-4-8-14/h2-10,13H,11-12,19H2,1H3,(H,20,22)(H,21,23). The third-order valence-electron chi connectivity index (χ3n) is 3.37. The molecule has 0 radical (unpaired) electrons. The number of rotatable bonds is 7. The van der Waals surface area contributed by atoms with Crippen LogP contribution in [0.1, 0.15) is 18.5 Å². The van der Waals surface area contributed by atoms with Crippen LogP contribution in [0.3, 0.4) is 0 Å². The Morgan fingerprint density at radius 1 is 1.04 bits per heavy atom. The van der Waals surface area contributed by atoms with E-state index in [-0.39, 0.29) is 30.9 Å². The van der Waals surface area contributed by atoms with Crippen molar-refractivity contribution in [1.29, 1.82) is 0 Å². The van der Waals surface area contributed by atoms with Gasteiger partial charge in [0.25, 0.3) is 0 Å². The Labute approximate surface area is 141 Å². The summed E-state index contributed by atoms with van der Waals surface area (Å²) in [4.78, 5) is 23.0. The van der Waals surface area contributed by atoms with Crippen LogP contribution in [-0.2, 0) is 9.59 Å². The van der Waals surface area contributed by atoms with Crippen molar-refractivity contribution in [2.24, 2.45) is 5.73 Å². The third-order valence-corrected chi connectivity index (χ3v) is 3.37. The topological polar surface area (TPSA) is 93.5 Å². The summed E-state index contributed by atoms with van der Waals surface area (Å²) in [6.45, 7) is 1.61. The van der Waals surface area contributed by atoms with Gasteiger partial charge in [0.2, 0.25) is 11.8 Å². The first-order chi connectivity index (χ1) is 11.6. The summed E-state index contributed by atoms with van der Waals surface area (Å²) in [5.41, 5.74) is 6.03. The molecule has 2 amide bonds. The fraction of sp³-hybridized carbons (Fsp3) is 0.222. The SMILES string of the molecule is CC(NC(=O)CNC(=O)CN)c1ccccc1Oc1ccccc1. The van der Waals surface area contributed by atoms with E-state index < -0.39 is 0 Å². The van der Waals surface area contributed by atoms with Gasteiger partial charge >= 0.3 is 0 Å². The molecule has 2 aromatic rings. The lowest BCUT2D eigenvalue weighted by atomic mass is 10.1. The number of nitrogens with one attached hydrogen (secondary N) is 2. The number of hydrogen-bond acceptors (Lipinski definition) is 4. The molecule has 0 aliphatic carbocycles. The van der Waals surface area contributed by atoms with Crippen molar-refractivity contribution in [2.75, 3.05) is 13.1 Å². The molecule has 0 saturated heterocycles. The molecule has 0 saturated carbocycles. The van der Waals surface area contributed by atoms with Gasteiger partial charge in [-0.3, -0.25) is 9.59 Å². The van der Waals surface area contributed by atoms with E-state index in [1.807, 2.05) is 61.5 Å². The number of ether oxygens (including phenoxy) is 1. The van der Waals surface area contributed by atoms with Gasteiger partial charge in [0.1, 0.15) is 11.5 Å². The second-order valence-electron chi connectivity index (χ2n) is 5.22. The van der Waals surface area contributed by atoms with Crippen LogP contribution in [0.25, 0.3) is 0 Å². The minimum atomic E-state index is -0.370. The highest BCUT2D eigenvalue weighted by Crippen LogP contribution is 2.29. The minimum Gasteiger partial charge on any atom is -0.457 e. The third kappa shape index (κ3) is 5.10. The second kappa shape index (κ2) is 8.69. The molecule has 0 spiro atoms. The zero-order chi connectivity index (χ0) is 17.4. The molecule has 0 aromatic heterocycles. The van der Waals surface area contributed by atoms with Crippen LogP contribution >= 0.6 is 0 Å². The van der Waals surface area contributed by atoms with Crippen molar-refractivity contribution in [3.05, 3.63) is 60.2 Å².